The highest BCUT2D eigenvalue weighted by Crippen LogP contribution is 2.37. The van der Waals surface area contributed by atoms with Gasteiger partial charge in [-0.2, -0.15) is 0 Å². The van der Waals surface area contributed by atoms with E-state index in [1.807, 2.05) is 0 Å². The normalized spacial score (nSPS) is 12.2. The zero-order chi connectivity index (χ0) is 20.1. The molecule has 0 aliphatic rings. The molecule has 0 N–H and O–H groups in total. The quantitative estimate of drug-likeness (QED) is 0.391. The minimum Gasteiger partial charge on any atom is -0.0654 e. The second-order valence-corrected chi connectivity index (χ2v) is 8.14. The van der Waals surface area contributed by atoms with Crippen molar-refractivity contribution in [2.45, 2.75) is 66.2 Å². The molecule has 28 heavy (non-hydrogen) atoms. The van der Waals surface area contributed by atoms with Crippen LogP contribution in [0, 0.1) is 13.8 Å². The molecule has 0 aromatic heterocycles. The van der Waals surface area contributed by atoms with Crippen LogP contribution in [0.5, 0.6) is 0 Å². The topological polar surface area (TPSA) is 0 Å². The van der Waals surface area contributed by atoms with Crippen LogP contribution < -0.4 is 0 Å². The molecular weight excluding hydrogens is 336 g/mol. The lowest BCUT2D eigenvalue weighted by molar-refractivity contribution is 0.735. The van der Waals surface area contributed by atoms with Gasteiger partial charge < -0.3 is 0 Å². The van der Waals surface area contributed by atoms with Crippen molar-refractivity contribution in [1.29, 1.82) is 0 Å². The summed E-state index contributed by atoms with van der Waals surface area (Å²) in [6, 6.07) is 22.7. The lowest BCUT2D eigenvalue weighted by atomic mass is 9.85. The van der Waals surface area contributed by atoms with Gasteiger partial charge in [0.05, 0.1) is 0 Å². The van der Waals surface area contributed by atoms with E-state index >= 15 is 0 Å². The molecule has 146 valence electrons. The van der Waals surface area contributed by atoms with Gasteiger partial charge in [0.15, 0.2) is 0 Å². The van der Waals surface area contributed by atoms with Gasteiger partial charge in [-0.25, -0.2) is 0 Å². The molecule has 3 aromatic rings. The molecule has 0 fully saturated rings. The van der Waals surface area contributed by atoms with Crippen LogP contribution >= 0.6 is 0 Å². The molecule has 0 spiro atoms. The fraction of sp³-hybridized carbons (Fsp3) is 0.357. The van der Waals surface area contributed by atoms with Crippen molar-refractivity contribution >= 4 is 0 Å². The minimum absolute atomic E-state index is 0.567. The molecule has 0 saturated carbocycles. The van der Waals surface area contributed by atoms with Crippen LogP contribution in [0.3, 0.4) is 0 Å². The first-order chi connectivity index (χ1) is 13.6. The van der Waals surface area contributed by atoms with Crippen LogP contribution in [0.1, 0.15) is 68.2 Å². The summed E-state index contributed by atoms with van der Waals surface area (Å²) >= 11 is 0. The van der Waals surface area contributed by atoms with E-state index in [1.54, 1.807) is 0 Å². The standard InChI is InChI=1S/C28H34/c1-6-8-13-23-14-9-10-16-25(23)27-19-28(22(5)18-21(27)4)26-17-12-11-15-24(26)20(3)7-2/h9-12,14-20H,6-8,13H2,1-5H3/t20-/m1/s1. The van der Waals surface area contributed by atoms with E-state index in [9.17, 15) is 0 Å². The Morgan fingerprint density at radius 2 is 1.32 bits per heavy atom. The fourth-order valence-corrected chi connectivity index (χ4v) is 4.19. The van der Waals surface area contributed by atoms with E-state index in [2.05, 4.69) is 95.3 Å². The molecule has 0 aliphatic heterocycles. The Hall–Kier alpha value is -2.34. The molecule has 0 aliphatic carbocycles. The lowest BCUT2D eigenvalue weighted by Crippen LogP contribution is -1.98. The van der Waals surface area contributed by atoms with Crippen molar-refractivity contribution < 1.29 is 0 Å². The third kappa shape index (κ3) is 4.22. The van der Waals surface area contributed by atoms with Crippen molar-refractivity contribution in [1.82, 2.24) is 0 Å². The number of unbranched alkanes of at least 4 members (excludes halogenated alkanes) is 1. The van der Waals surface area contributed by atoms with Gasteiger partial charge in [0.1, 0.15) is 0 Å². The Morgan fingerprint density at radius 1 is 0.714 bits per heavy atom. The first kappa shape index (κ1) is 20.4. The second kappa shape index (κ2) is 9.24. The van der Waals surface area contributed by atoms with Crippen LogP contribution in [0.25, 0.3) is 22.3 Å². The second-order valence-electron chi connectivity index (χ2n) is 8.14. The van der Waals surface area contributed by atoms with Gasteiger partial charge in [-0.15, -0.1) is 0 Å². The highest BCUT2D eigenvalue weighted by atomic mass is 14.2. The van der Waals surface area contributed by atoms with Gasteiger partial charge in [0, 0.05) is 0 Å². The molecule has 3 aromatic carbocycles. The van der Waals surface area contributed by atoms with Gasteiger partial charge in [-0.1, -0.05) is 81.8 Å². The smallest absolute Gasteiger partial charge is 0.0145 e. The third-order valence-electron chi connectivity index (χ3n) is 6.07. The molecular formula is C28H34. The molecule has 0 amide bonds. The average molecular weight is 371 g/mol. The predicted octanol–water partition coefficient (Wildman–Crippen LogP) is 8.49. The van der Waals surface area contributed by atoms with Gasteiger partial charge in [-0.3, -0.25) is 0 Å². The van der Waals surface area contributed by atoms with Crippen molar-refractivity contribution in [3.05, 3.63) is 82.9 Å². The molecule has 0 heteroatoms. The van der Waals surface area contributed by atoms with Crippen molar-refractivity contribution in [3.8, 4) is 22.3 Å². The number of aryl methyl sites for hydroxylation is 3. The first-order valence-electron chi connectivity index (χ1n) is 10.9. The summed E-state index contributed by atoms with van der Waals surface area (Å²) in [6.45, 7) is 11.4. The van der Waals surface area contributed by atoms with Crippen LogP contribution in [-0.2, 0) is 6.42 Å². The van der Waals surface area contributed by atoms with Gasteiger partial charge in [0.2, 0.25) is 0 Å². The minimum atomic E-state index is 0.567. The Bertz CT molecular complexity index is 933. The van der Waals surface area contributed by atoms with E-state index in [-0.39, 0.29) is 0 Å². The van der Waals surface area contributed by atoms with Crippen LogP contribution in [0.2, 0.25) is 0 Å². The molecule has 0 radical (unpaired) electrons. The first-order valence-corrected chi connectivity index (χ1v) is 10.9. The van der Waals surface area contributed by atoms with E-state index in [1.165, 1.54) is 57.3 Å². The Balaban J connectivity index is 2.17. The largest absolute Gasteiger partial charge is 0.0654 e. The number of rotatable bonds is 7. The van der Waals surface area contributed by atoms with Crippen LogP contribution in [0.15, 0.2) is 60.7 Å². The van der Waals surface area contributed by atoms with Gasteiger partial charge >= 0.3 is 0 Å². The van der Waals surface area contributed by atoms with Crippen molar-refractivity contribution in [3.63, 3.8) is 0 Å². The maximum Gasteiger partial charge on any atom is -0.0145 e. The Morgan fingerprint density at radius 3 is 2.00 bits per heavy atom. The zero-order valence-electron chi connectivity index (χ0n) is 18.2. The highest BCUT2D eigenvalue weighted by molar-refractivity contribution is 5.80. The molecule has 0 nitrogen and oxygen atoms in total. The maximum atomic E-state index is 2.44. The van der Waals surface area contributed by atoms with E-state index < -0.39 is 0 Å². The van der Waals surface area contributed by atoms with Gasteiger partial charge in [-0.05, 0) is 89.6 Å². The molecule has 0 bridgehead atoms. The van der Waals surface area contributed by atoms with Crippen molar-refractivity contribution in [2.75, 3.05) is 0 Å². The fourth-order valence-electron chi connectivity index (χ4n) is 4.19. The molecule has 0 saturated heterocycles. The Labute approximate surface area is 171 Å². The number of benzene rings is 3. The monoisotopic (exact) mass is 370 g/mol. The Kier molecular flexibility index (Phi) is 6.73. The SMILES string of the molecule is CCCCc1ccccc1-c1cc(-c2ccccc2[C@H](C)CC)c(C)cc1C. The summed E-state index contributed by atoms with van der Waals surface area (Å²) in [5.74, 6) is 0.567. The average Bonchev–Trinajstić information content (AvgIpc) is 2.72. The molecule has 3 rings (SSSR count). The summed E-state index contributed by atoms with van der Waals surface area (Å²) in [5, 5.41) is 0. The van der Waals surface area contributed by atoms with E-state index in [4.69, 9.17) is 0 Å². The highest BCUT2D eigenvalue weighted by Gasteiger charge is 2.15. The number of hydrogen-bond donors (Lipinski definition) is 0. The molecule has 0 heterocycles. The molecule has 0 unspecified atom stereocenters. The summed E-state index contributed by atoms with van der Waals surface area (Å²) < 4.78 is 0. The van der Waals surface area contributed by atoms with E-state index in [0.717, 1.165) is 12.8 Å². The molecule has 1 atom stereocenters. The zero-order valence-corrected chi connectivity index (χ0v) is 18.2. The van der Waals surface area contributed by atoms with Gasteiger partial charge in [0.25, 0.3) is 0 Å². The summed E-state index contributed by atoms with van der Waals surface area (Å²) in [5.41, 5.74) is 11.2. The summed E-state index contributed by atoms with van der Waals surface area (Å²) in [4.78, 5) is 0. The number of hydrogen-bond acceptors (Lipinski definition) is 0. The maximum absolute atomic E-state index is 2.44. The van der Waals surface area contributed by atoms with Crippen LogP contribution in [0.4, 0.5) is 0 Å². The summed E-state index contributed by atoms with van der Waals surface area (Å²) in [6.07, 6.45) is 4.79. The lowest BCUT2D eigenvalue weighted by Gasteiger charge is -2.20. The third-order valence-corrected chi connectivity index (χ3v) is 6.07. The van der Waals surface area contributed by atoms with Crippen LogP contribution in [-0.4, -0.2) is 0 Å². The van der Waals surface area contributed by atoms with Crippen molar-refractivity contribution in [2.24, 2.45) is 0 Å². The predicted molar refractivity (Wildman–Crippen MR) is 124 cm³/mol. The summed E-state index contributed by atoms with van der Waals surface area (Å²) in [7, 11) is 0. The van der Waals surface area contributed by atoms with E-state index in [0.29, 0.717) is 5.92 Å².